The number of nitrogens with zero attached hydrogens (tertiary/aromatic N) is 2. The quantitative estimate of drug-likeness (QED) is 0.668. The lowest BCUT2D eigenvalue weighted by molar-refractivity contribution is -0.384. The van der Waals surface area contributed by atoms with E-state index >= 15 is 0 Å². The number of nitrogens with two attached hydrogens (primary N) is 1. The zero-order valence-electron chi connectivity index (χ0n) is 10.5. The van der Waals surface area contributed by atoms with Gasteiger partial charge in [-0.25, -0.2) is 0 Å². The van der Waals surface area contributed by atoms with Crippen molar-refractivity contribution in [3.8, 4) is 0 Å². The van der Waals surface area contributed by atoms with E-state index in [9.17, 15) is 10.1 Å². The largest absolute Gasteiger partial charge is 0.359 e. The van der Waals surface area contributed by atoms with E-state index in [0.29, 0.717) is 10.7 Å². The van der Waals surface area contributed by atoms with Gasteiger partial charge in [0.25, 0.3) is 5.69 Å². The number of piperidine rings is 1. The molecule has 2 saturated heterocycles. The molecule has 19 heavy (non-hydrogen) atoms. The highest BCUT2D eigenvalue weighted by Crippen LogP contribution is 2.45. The Balaban J connectivity index is 2.06. The Bertz CT molecular complexity index is 509. The summed E-state index contributed by atoms with van der Waals surface area (Å²) in [6.45, 7) is 0. The zero-order valence-corrected chi connectivity index (χ0v) is 11.2. The number of benzene rings is 1. The molecule has 2 atom stereocenters. The number of halogens is 1. The summed E-state index contributed by atoms with van der Waals surface area (Å²) in [4.78, 5) is 13.0. The van der Waals surface area contributed by atoms with Gasteiger partial charge in [-0.2, -0.15) is 0 Å². The lowest BCUT2D eigenvalue weighted by Crippen LogP contribution is -2.47. The van der Waals surface area contributed by atoms with Gasteiger partial charge < -0.3 is 10.6 Å². The van der Waals surface area contributed by atoms with E-state index in [4.69, 9.17) is 17.3 Å². The highest BCUT2D eigenvalue weighted by molar-refractivity contribution is 6.33. The SMILES string of the molecule is NC1CC2CCC(C1)N2c1c(Cl)cccc1[N+](=O)[O-]. The molecule has 1 aromatic carbocycles. The van der Waals surface area contributed by atoms with Crippen LogP contribution < -0.4 is 10.6 Å². The van der Waals surface area contributed by atoms with Crippen molar-refractivity contribution in [3.63, 3.8) is 0 Å². The van der Waals surface area contributed by atoms with Gasteiger partial charge in [-0.15, -0.1) is 0 Å². The summed E-state index contributed by atoms with van der Waals surface area (Å²) in [6, 6.07) is 5.64. The fraction of sp³-hybridized carbons (Fsp3) is 0.538. The number of anilines is 1. The Hall–Kier alpha value is -1.33. The van der Waals surface area contributed by atoms with Crippen molar-refractivity contribution in [3.05, 3.63) is 33.3 Å². The summed E-state index contributed by atoms with van der Waals surface area (Å²) in [6.07, 6.45) is 3.86. The maximum atomic E-state index is 11.2. The molecule has 0 aromatic heterocycles. The van der Waals surface area contributed by atoms with Gasteiger partial charge in [0.15, 0.2) is 0 Å². The summed E-state index contributed by atoms with van der Waals surface area (Å²) < 4.78 is 0. The monoisotopic (exact) mass is 281 g/mol. The van der Waals surface area contributed by atoms with Crippen molar-refractivity contribution in [2.45, 2.75) is 43.8 Å². The van der Waals surface area contributed by atoms with Gasteiger partial charge >= 0.3 is 0 Å². The van der Waals surface area contributed by atoms with Crippen LogP contribution in [0.4, 0.5) is 11.4 Å². The molecular formula is C13H16ClN3O2. The molecule has 102 valence electrons. The fourth-order valence-corrected chi connectivity index (χ4v) is 3.76. The van der Waals surface area contributed by atoms with Gasteiger partial charge in [-0.1, -0.05) is 17.7 Å². The van der Waals surface area contributed by atoms with Crippen LogP contribution in [0.1, 0.15) is 25.7 Å². The number of hydrogen-bond acceptors (Lipinski definition) is 4. The maximum Gasteiger partial charge on any atom is 0.294 e. The third kappa shape index (κ3) is 2.07. The number of rotatable bonds is 2. The van der Waals surface area contributed by atoms with Gasteiger partial charge in [0, 0.05) is 24.2 Å². The number of nitro groups is 1. The van der Waals surface area contributed by atoms with Gasteiger partial charge in [-0.3, -0.25) is 10.1 Å². The second-order valence-electron chi connectivity index (χ2n) is 5.39. The molecule has 5 nitrogen and oxygen atoms in total. The molecule has 2 unspecified atom stereocenters. The summed E-state index contributed by atoms with van der Waals surface area (Å²) in [5.74, 6) is 0. The van der Waals surface area contributed by atoms with Crippen LogP contribution in [-0.4, -0.2) is 23.0 Å². The van der Waals surface area contributed by atoms with Crippen LogP contribution in [0.15, 0.2) is 18.2 Å². The van der Waals surface area contributed by atoms with Crippen LogP contribution >= 0.6 is 11.6 Å². The molecular weight excluding hydrogens is 266 g/mol. The van der Waals surface area contributed by atoms with Gasteiger partial charge in [0.1, 0.15) is 5.69 Å². The van der Waals surface area contributed by atoms with E-state index in [1.54, 1.807) is 12.1 Å². The molecule has 2 fully saturated rings. The predicted octanol–water partition coefficient (Wildman–Crippen LogP) is 2.71. The molecule has 0 spiro atoms. The lowest BCUT2D eigenvalue weighted by Gasteiger charge is -2.39. The maximum absolute atomic E-state index is 11.2. The Morgan fingerprint density at radius 2 is 1.95 bits per heavy atom. The Morgan fingerprint density at radius 1 is 1.32 bits per heavy atom. The molecule has 1 aromatic rings. The minimum absolute atomic E-state index is 0.0971. The van der Waals surface area contributed by atoms with E-state index < -0.39 is 0 Å². The number of para-hydroxylation sites is 1. The van der Waals surface area contributed by atoms with Crippen LogP contribution in [0.2, 0.25) is 5.02 Å². The first-order valence-electron chi connectivity index (χ1n) is 6.54. The van der Waals surface area contributed by atoms with Crippen molar-refractivity contribution in [1.29, 1.82) is 0 Å². The van der Waals surface area contributed by atoms with E-state index in [0.717, 1.165) is 25.7 Å². The second kappa shape index (κ2) is 4.65. The molecule has 2 aliphatic rings. The fourth-order valence-electron chi connectivity index (χ4n) is 3.49. The van der Waals surface area contributed by atoms with Crippen molar-refractivity contribution >= 4 is 23.0 Å². The van der Waals surface area contributed by atoms with Crippen molar-refractivity contribution < 1.29 is 4.92 Å². The molecule has 2 heterocycles. The van der Waals surface area contributed by atoms with Gasteiger partial charge in [-0.05, 0) is 31.7 Å². The molecule has 0 amide bonds. The molecule has 2 N–H and O–H groups in total. The van der Waals surface area contributed by atoms with Crippen LogP contribution in [0.3, 0.4) is 0 Å². The second-order valence-corrected chi connectivity index (χ2v) is 5.80. The highest BCUT2D eigenvalue weighted by atomic mass is 35.5. The lowest BCUT2D eigenvalue weighted by atomic mass is 9.97. The molecule has 2 aliphatic heterocycles. The molecule has 3 rings (SSSR count). The minimum Gasteiger partial charge on any atom is -0.359 e. The smallest absolute Gasteiger partial charge is 0.294 e. The number of fused-ring (bicyclic) bond motifs is 2. The third-order valence-corrected chi connectivity index (χ3v) is 4.49. The molecule has 0 radical (unpaired) electrons. The summed E-state index contributed by atoms with van der Waals surface area (Å²) >= 11 is 6.22. The summed E-state index contributed by atoms with van der Waals surface area (Å²) in [7, 11) is 0. The number of hydrogen-bond donors (Lipinski definition) is 1. The predicted molar refractivity (Wildman–Crippen MR) is 74.6 cm³/mol. The normalized spacial score (nSPS) is 29.6. The van der Waals surface area contributed by atoms with E-state index in [1.807, 2.05) is 0 Å². The van der Waals surface area contributed by atoms with Crippen molar-refractivity contribution in [2.24, 2.45) is 5.73 Å². The van der Waals surface area contributed by atoms with Crippen LogP contribution in [0, 0.1) is 10.1 Å². The zero-order chi connectivity index (χ0) is 13.6. The minimum atomic E-state index is -0.352. The summed E-state index contributed by atoms with van der Waals surface area (Å²) in [5.41, 5.74) is 6.71. The van der Waals surface area contributed by atoms with E-state index in [2.05, 4.69) is 4.90 Å². The van der Waals surface area contributed by atoms with Crippen LogP contribution in [0.25, 0.3) is 0 Å². The number of nitro benzene ring substituents is 1. The van der Waals surface area contributed by atoms with Crippen LogP contribution in [-0.2, 0) is 0 Å². The first-order valence-corrected chi connectivity index (χ1v) is 6.92. The Morgan fingerprint density at radius 3 is 2.53 bits per heavy atom. The van der Waals surface area contributed by atoms with Crippen LogP contribution in [0.5, 0.6) is 0 Å². The van der Waals surface area contributed by atoms with Gasteiger partial charge in [0.2, 0.25) is 0 Å². The molecule has 0 aliphatic carbocycles. The topological polar surface area (TPSA) is 72.4 Å². The average molecular weight is 282 g/mol. The van der Waals surface area contributed by atoms with Crippen molar-refractivity contribution in [2.75, 3.05) is 4.90 Å². The first kappa shape index (κ1) is 12.7. The summed E-state index contributed by atoms with van der Waals surface area (Å²) in [5, 5.41) is 11.7. The Labute approximate surface area is 116 Å². The standard InChI is InChI=1S/C13H16ClN3O2/c14-11-2-1-3-12(17(18)19)13(11)16-9-4-5-10(16)7-8(15)6-9/h1-3,8-10H,4-7,15H2. The Kier molecular flexibility index (Phi) is 3.11. The first-order chi connectivity index (χ1) is 9.08. The van der Waals surface area contributed by atoms with Crippen molar-refractivity contribution in [1.82, 2.24) is 0 Å². The highest BCUT2D eigenvalue weighted by Gasteiger charge is 2.42. The molecule has 2 bridgehead atoms. The molecule has 6 heteroatoms. The average Bonchev–Trinajstić information content (AvgIpc) is 2.61. The van der Waals surface area contributed by atoms with Gasteiger partial charge in [0.05, 0.1) is 9.95 Å². The molecule has 0 saturated carbocycles. The third-order valence-electron chi connectivity index (χ3n) is 4.19. The van der Waals surface area contributed by atoms with E-state index in [1.165, 1.54) is 6.07 Å². The van der Waals surface area contributed by atoms with E-state index in [-0.39, 0.29) is 28.7 Å².